The minimum absolute atomic E-state index is 0.0917. The van der Waals surface area contributed by atoms with E-state index in [2.05, 4.69) is 0 Å². The number of aliphatic hydroxyl groups is 1. The Balaban J connectivity index is 1.54. The Hall–Kier alpha value is -1.50. The highest BCUT2D eigenvalue weighted by Gasteiger charge is 2.58. The van der Waals surface area contributed by atoms with Gasteiger partial charge >= 0.3 is 11.8 Å². The average molecular weight is 462 g/mol. The van der Waals surface area contributed by atoms with Crippen LogP contribution in [-0.4, -0.2) is 54.3 Å². The van der Waals surface area contributed by atoms with Crippen LogP contribution in [0, 0.1) is 12.8 Å². The number of aryl methyl sites for hydroxylation is 1. The molecule has 9 nitrogen and oxygen atoms in total. The van der Waals surface area contributed by atoms with Crippen LogP contribution in [0.5, 0.6) is 0 Å². The maximum Gasteiger partial charge on any atom is 0.519 e. The van der Waals surface area contributed by atoms with Crippen LogP contribution in [0.2, 0.25) is 0 Å². The molecule has 1 N–H and O–H groups in total. The lowest BCUT2D eigenvalue weighted by molar-refractivity contribution is -0.158. The Morgan fingerprint density at radius 1 is 1.45 bits per heavy atom. The largest absolute Gasteiger partial charge is 0.519 e. The van der Waals surface area contributed by atoms with Crippen molar-refractivity contribution in [2.24, 2.45) is 5.92 Å². The van der Waals surface area contributed by atoms with Crippen LogP contribution in [0.1, 0.15) is 24.9 Å². The van der Waals surface area contributed by atoms with Gasteiger partial charge in [-0.1, -0.05) is 11.8 Å². The fourth-order valence-corrected chi connectivity index (χ4v) is 8.66. The van der Waals surface area contributed by atoms with E-state index in [4.69, 9.17) is 13.6 Å². The zero-order chi connectivity index (χ0) is 20.9. The fraction of sp³-hybridized carbons (Fsp3) is 0.588. The van der Waals surface area contributed by atoms with Crippen LogP contribution >= 0.6 is 23.5 Å². The predicted molar refractivity (Wildman–Crippen MR) is 106 cm³/mol. The van der Waals surface area contributed by atoms with Crippen molar-refractivity contribution in [1.82, 2.24) is 4.90 Å². The van der Waals surface area contributed by atoms with Crippen molar-refractivity contribution in [3.8, 4) is 0 Å². The van der Waals surface area contributed by atoms with Gasteiger partial charge in [-0.05, 0) is 20.3 Å². The fourth-order valence-electron chi connectivity index (χ4n) is 3.41. The normalized spacial score (nSPS) is 29.8. The van der Waals surface area contributed by atoms with Crippen molar-refractivity contribution >= 4 is 46.2 Å². The van der Waals surface area contributed by atoms with E-state index < -0.39 is 34.6 Å². The monoisotopic (exact) mass is 461 g/mol. The van der Waals surface area contributed by atoms with Gasteiger partial charge in [0.2, 0.25) is 5.91 Å². The maximum absolute atomic E-state index is 12.8. The summed E-state index contributed by atoms with van der Waals surface area (Å²) in [5.41, 5.74) is 0.132. The van der Waals surface area contributed by atoms with Crippen molar-refractivity contribution < 1.29 is 32.5 Å². The molecule has 4 rings (SSSR count). The van der Waals surface area contributed by atoms with Gasteiger partial charge in [0.1, 0.15) is 5.37 Å². The number of fused-ring (bicyclic) bond motifs is 1. The van der Waals surface area contributed by atoms with Gasteiger partial charge in [0, 0.05) is 27.6 Å². The number of thioether (sulfide) groups is 2. The van der Waals surface area contributed by atoms with E-state index in [-0.39, 0.29) is 40.4 Å². The lowest BCUT2D eigenvalue weighted by atomic mass is 9.92. The molecule has 0 bridgehead atoms. The zero-order valence-corrected chi connectivity index (χ0v) is 18.1. The Morgan fingerprint density at radius 3 is 2.79 bits per heavy atom. The molecule has 12 heteroatoms. The molecular weight excluding hydrogens is 442 g/mol. The van der Waals surface area contributed by atoms with Crippen molar-refractivity contribution in [3.05, 3.63) is 32.1 Å². The summed E-state index contributed by atoms with van der Waals surface area (Å²) < 4.78 is 27.2. The Kier molecular flexibility index (Phi) is 5.70. The number of esters is 1. The van der Waals surface area contributed by atoms with Crippen LogP contribution < -0.4 is 5.82 Å². The number of ether oxygens (including phenoxy) is 1. The molecule has 0 radical (unpaired) electrons. The molecule has 1 aromatic heterocycles. The van der Waals surface area contributed by atoms with E-state index in [1.165, 1.54) is 35.3 Å². The van der Waals surface area contributed by atoms with Crippen molar-refractivity contribution in [3.63, 3.8) is 0 Å². The molecule has 29 heavy (non-hydrogen) atoms. The van der Waals surface area contributed by atoms with Crippen molar-refractivity contribution in [2.75, 3.05) is 11.5 Å². The summed E-state index contributed by atoms with van der Waals surface area (Å²) >= 11 is 2.78. The number of carbonyl (C=O) groups is 2. The Bertz CT molecular complexity index is 964. The first-order chi connectivity index (χ1) is 13.8. The number of aliphatic hydroxyl groups excluding tert-OH is 1. The number of amides is 1. The van der Waals surface area contributed by atoms with Crippen molar-refractivity contribution in [2.45, 2.75) is 43.6 Å². The molecule has 158 valence electrons. The van der Waals surface area contributed by atoms with Gasteiger partial charge in [-0.2, -0.15) is 0 Å². The van der Waals surface area contributed by atoms with E-state index in [0.29, 0.717) is 15.7 Å². The number of carbonyl (C=O) groups excluding carboxylic acids is 2. The number of hydrogen-bond donors (Lipinski definition) is 1. The summed E-state index contributed by atoms with van der Waals surface area (Å²) in [7, 11) is -0.868. The molecule has 0 spiro atoms. The SMILES string of the molecule is Cc1oc(=O)oc1COC(=O)C1=C(S[C@H]2CC[S@@](=O)C2)S[C@@H]2[C@@H]([C@@H](C)O)C(=O)N12. The topological polar surface area (TPSA) is 127 Å². The lowest BCUT2D eigenvalue weighted by Crippen LogP contribution is -2.60. The first-order valence-electron chi connectivity index (χ1n) is 8.96. The van der Waals surface area contributed by atoms with Crippen LogP contribution in [0.3, 0.4) is 0 Å². The summed E-state index contributed by atoms with van der Waals surface area (Å²) in [6, 6.07) is 0. The summed E-state index contributed by atoms with van der Waals surface area (Å²) in [5, 5.41) is 9.63. The third-order valence-corrected chi connectivity index (χ3v) is 9.49. The smallest absolute Gasteiger partial charge is 0.453 e. The highest BCUT2D eigenvalue weighted by Crippen LogP contribution is 2.55. The Morgan fingerprint density at radius 2 is 2.21 bits per heavy atom. The minimum atomic E-state index is -0.882. The standard InChI is InChI=1S/C17H19NO8S3/c1-7(19)11-13(20)18-12(15(21)24-5-10-8(2)25-17(22)26-10)16(28-14(11)18)27-9-3-4-29(23)6-9/h7,9,11,14,19H,3-6H2,1-2H3/t7-,9+,11+,14-,29-/m1/s1. The average Bonchev–Trinajstić information content (AvgIpc) is 3.28. The molecule has 0 unspecified atom stereocenters. The van der Waals surface area contributed by atoms with Gasteiger partial charge in [0.15, 0.2) is 23.8 Å². The summed E-state index contributed by atoms with van der Waals surface area (Å²) in [5.74, 6) is -1.05. The maximum atomic E-state index is 12.8. The molecule has 4 heterocycles. The van der Waals surface area contributed by atoms with E-state index >= 15 is 0 Å². The molecule has 1 aromatic rings. The molecule has 0 aromatic carbocycles. The zero-order valence-electron chi connectivity index (χ0n) is 15.6. The second-order valence-corrected chi connectivity index (χ2v) is 11.3. The van der Waals surface area contributed by atoms with E-state index in [9.17, 15) is 23.7 Å². The van der Waals surface area contributed by atoms with Crippen LogP contribution in [0.25, 0.3) is 0 Å². The Labute approximate surface area is 176 Å². The summed E-state index contributed by atoms with van der Waals surface area (Å²) in [6.07, 6.45) is -0.0682. The van der Waals surface area contributed by atoms with Gasteiger partial charge in [-0.15, -0.1) is 11.8 Å². The molecule has 2 saturated heterocycles. The number of nitrogens with zero attached hydrogens (tertiary/aromatic N) is 1. The van der Waals surface area contributed by atoms with E-state index in [0.717, 1.165) is 6.42 Å². The predicted octanol–water partition coefficient (Wildman–Crippen LogP) is 0.920. The minimum Gasteiger partial charge on any atom is -0.453 e. The highest BCUT2D eigenvalue weighted by atomic mass is 32.2. The number of β-lactam (4-membered cyclic amide) rings is 1. The van der Waals surface area contributed by atoms with Gasteiger partial charge in [-0.3, -0.25) is 13.9 Å². The van der Waals surface area contributed by atoms with Crippen LogP contribution in [0.4, 0.5) is 0 Å². The van der Waals surface area contributed by atoms with Gasteiger partial charge < -0.3 is 18.7 Å². The molecule has 3 aliphatic heterocycles. The van der Waals surface area contributed by atoms with Gasteiger partial charge in [-0.25, -0.2) is 9.59 Å². The van der Waals surface area contributed by atoms with Crippen LogP contribution in [-0.2, 0) is 31.7 Å². The first kappa shape index (κ1) is 20.8. The molecule has 0 saturated carbocycles. The molecule has 2 fully saturated rings. The van der Waals surface area contributed by atoms with Gasteiger partial charge in [0.25, 0.3) is 0 Å². The molecule has 1 amide bonds. The van der Waals surface area contributed by atoms with E-state index in [1.807, 2.05) is 0 Å². The molecule has 3 aliphatic rings. The number of rotatable bonds is 6. The molecule has 5 atom stereocenters. The second kappa shape index (κ2) is 7.97. The highest BCUT2D eigenvalue weighted by molar-refractivity contribution is 8.23. The third kappa shape index (κ3) is 3.82. The van der Waals surface area contributed by atoms with Gasteiger partial charge in [0.05, 0.1) is 16.3 Å². The summed E-state index contributed by atoms with van der Waals surface area (Å²) in [4.78, 5) is 37.9. The van der Waals surface area contributed by atoms with Crippen molar-refractivity contribution in [1.29, 1.82) is 0 Å². The number of hydrogen-bond acceptors (Lipinski definition) is 10. The molecule has 0 aliphatic carbocycles. The van der Waals surface area contributed by atoms with Crippen LogP contribution in [0.15, 0.2) is 23.6 Å². The summed E-state index contributed by atoms with van der Waals surface area (Å²) in [6.45, 7) is 2.76. The first-order valence-corrected chi connectivity index (χ1v) is 12.2. The third-order valence-electron chi connectivity index (χ3n) is 4.94. The molecular formula is C17H19NO8S3. The lowest BCUT2D eigenvalue weighted by Gasteiger charge is -2.43. The van der Waals surface area contributed by atoms with E-state index in [1.54, 1.807) is 6.92 Å². The second-order valence-electron chi connectivity index (χ2n) is 6.97. The quantitative estimate of drug-likeness (QED) is 0.482.